The van der Waals surface area contributed by atoms with Crippen LogP contribution in [-0.4, -0.2) is 0 Å². The maximum absolute atomic E-state index is 6.77. The van der Waals surface area contributed by atoms with Gasteiger partial charge in [0.1, 0.15) is 33.8 Å². The monoisotopic (exact) mass is 716 g/mol. The van der Waals surface area contributed by atoms with Crippen molar-refractivity contribution >= 4 is 54.6 Å². The van der Waals surface area contributed by atoms with Gasteiger partial charge in [-0.25, -0.2) is 0 Å². The maximum atomic E-state index is 6.77. The number of benzene rings is 9. The number of fused-ring (bicyclic) bond motifs is 10. The van der Waals surface area contributed by atoms with Crippen LogP contribution in [0.5, 0.6) is 11.5 Å². The van der Waals surface area contributed by atoms with E-state index in [1.54, 1.807) is 0 Å². The molecule has 0 saturated carbocycles. The standard InChI is InChI=1S/C53H32O3/c1-3-13-37(14-4-1)53(38-15-5-2-6-16-38)43-19-9-10-20-45(43)54-50-31-35(24-28-44(50)53)34-22-26-41-42-27-23-36(32-49(42)56-48(41)30-34)40-18-11-21-46-52(40)51-39-17-8-7-12-33(39)25-29-47(51)55-46/h1-32H. The minimum absolute atomic E-state index is 0.550. The summed E-state index contributed by atoms with van der Waals surface area (Å²) in [5.41, 5.74) is 11.9. The lowest BCUT2D eigenvalue weighted by Crippen LogP contribution is -2.34. The number of hydrogen-bond donors (Lipinski definition) is 0. The molecule has 0 radical (unpaired) electrons. The topological polar surface area (TPSA) is 35.5 Å². The number of furan rings is 2. The van der Waals surface area contributed by atoms with Crippen molar-refractivity contribution < 1.29 is 13.6 Å². The third kappa shape index (κ3) is 4.40. The molecule has 1 aliphatic heterocycles. The fourth-order valence-corrected chi connectivity index (χ4v) is 9.34. The largest absolute Gasteiger partial charge is 0.457 e. The highest BCUT2D eigenvalue weighted by Gasteiger charge is 2.45. The Hall–Kier alpha value is -7.36. The Morgan fingerprint density at radius 3 is 1.75 bits per heavy atom. The highest BCUT2D eigenvalue weighted by Crippen LogP contribution is 2.56. The summed E-state index contributed by atoms with van der Waals surface area (Å²) in [4.78, 5) is 0. The zero-order chi connectivity index (χ0) is 36.8. The van der Waals surface area contributed by atoms with E-state index in [0.29, 0.717) is 0 Å². The number of ether oxygens (including phenoxy) is 1. The maximum Gasteiger partial charge on any atom is 0.136 e. The molecule has 3 heteroatoms. The number of para-hydroxylation sites is 1. The van der Waals surface area contributed by atoms with Crippen LogP contribution >= 0.6 is 0 Å². The van der Waals surface area contributed by atoms with E-state index in [1.807, 2.05) is 0 Å². The molecule has 262 valence electrons. The van der Waals surface area contributed by atoms with Crippen molar-refractivity contribution in [3.05, 3.63) is 216 Å². The van der Waals surface area contributed by atoms with Gasteiger partial charge in [0.2, 0.25) is 0 Å². The van der Waals surface area contributed by atoms with Gasteiger partial charge in [-0.1, -0.05) is 146 Å². The van der Waals surface area contributed by atoms with Crippen LogP contribution in [0.25, 0.3) is 76.9 Å². The van der Waals surface area contributed by atoms with Crippen LogP contribution in [0.4, 0.5) is 0 Å². The summed E-state index contributed by atoms with van der Waals surface area (Å²) >= 11 is 0. The minimum atomic E-state index is -0.550. The first kappa shape index (κ1) is 31.0. The van der Waals surface area contributed by atoms with E-state index in [2.05, 4.69) is 194 Å². The molecule has 12 rings (SSSR count). The molecule has 9 aromatic carbocycles. The smallest absolute Gasteiger partial charge is 0.136 e. The molecule has 0 amide bonds. The lowest BCUT2D eigenvalue weighted by atomic mass is 9.63. The Morgan fingerprint density at radius 1 is 0.339 bits per heavy atom. The Labute approximate surface area is 322 Å². The second kappa shape index (κ2) is 11.8. The molecule has 0 atom stereocenters. The highest BCUT2D eigenvalue weighted by atomic mass is 16.5. The Morgan fingerprint density at radius 2 is 0.946 bits per heavy atom. The second-order valence-corrected chi connectivity index (χ2v) is 14.8. The molecule has 3 heterocycles. The van der Waals surface area contributed by atoms with Crippen LogP contribution < -0.4 is 4.74 Å². The predicted octanol–water partition coefficient (Wildman–Crippen LogP) is 14.5. The van der Waals surface area contributed by atoms with Gasteiger partial charge in [-0.15, -0.1) is 0 Å². The summed E-state index contributed by atoms with van der Waals surface area (Å²) in [6.45, 7) is 0. The van der Waals surface area contributed by atoms with Crippen molar-refractivity contribution in [3.8, 4) is 33.8 Å². The van der Waals surface area contributed by atoms with Gasteiger partial charge < -0.3 is 13.6 Å². The van der Waals surface area contributed by atoms with Crippen LogP contribution in [0.1, 0.15) is 22.3 Å². The molecular weight excluding hydrogens is 685 g/mol. The molecule has 0 fully saturated rings. The Kier molecular flexibility index (Phi) is 6.55. The number of rotatable bonds is 4. The summed E-state index contributed by atoms with van der Waals surface area (Å²) in [6.07, 6.45) is 0. The van der Waals surface area contributed by atoms with Gasteiger partial charge in [-0.05, 0) is 92.7 Å². The predicted molar refractivity (Wildman–Crippen MR) is 228 cm³/mol. The summed E-state index contributed by atoms with van der Waals surface area (Å²) in [7, 11) is 0. The molecule has 2 aromatic heterocycles. The normalized spacial score (nSPS) is 13.3. The third-order valence-corrected chi connectivity index (χ3v) is 11.8. The summed E-state index contributed by atoms with van der Waals surface area (Å²) in [6, 6.07) is 68.8. The van der Waals surface area contributed by atoms with Gasteiger partial charge in [0, 0.05) is 32.7 Å². The SMILES string of the molecule is c1ccc(C2(c3ccccc3)c3ccccc3Oc3cc(-c4ccc5c(c4)oc4cc(-c6cccc7oc8ccc9ccccc9c8c67)ccc45)ccc32)cc1. The van der Waals surface area contributed by atoms with Crippen molar-refractivity contribution in [2.45, 2.75) is 5.41 Å². The lowest BCUT2D eigenvalue weighted by Gasteiger charge is -2.41. The molecule has 0 aliphatic carbocycles. The van der Waals surface area contributed by atoms with Crippen molar-refractivity contribution in [1.29, 1.82) is 0 Å². The average Bonchev–Trinajstić information content (AvgIpc) is 3.84. The molecule has 3 nitrogen and oxygen atoms in total. The molecule has 0 unspecified atom stereocenters. The molecular formula is C53H32O3. The summed E-state index contributed by atoms with van der Waals surface area (Å²) in [5, 5.41) is 6.83. The van der Waals surface area contributed by atoms with E-state index in [9.17, 15) is 0 Å². The average molecular weight is 717 g/mol. The zero-order valence-electron chi connectivity index (χ0n) is 30.2. The van der Waals surface area contributed by atoms with Crippen LogP contribution in [0, 0.1) is 0 Å². The van der Waals surface area contributed by atoms with E-state index in [4.69, 9.17) is 13.6 Å². The van der Waals surface area contributed by atoms with E-state index in [-0.39, 0.29) is 0 Å². The van der Waals surface area contributed by atoms with Crippen LogP contribution in [-0.2, 0) is 5.41 Å². The van der Waals surface area contributed by atoms with Crippen molar-refractivity contribution in [1.82, 2.24) is 0 Å². The van der Waals surface area contributed by atoms with Crippen LogP contribution in [0.15, 0.2) is 203 Å². The van der Waals surface area contributed by atoms with Gasteiger partial charge >= 0.3 is 0 Å². The Bertz CT molecular complexity index is 3290. The molecule has 56 heavy (non-hydrogen) atoms. The first-order chi connectivity index (χ1) is 27.7. The van der Waals surface area contributed by atoms with Gasteiger partial charge in [0.25, 0.3) is 0 Å². The molecule has 0 saturated heterocycles. The second-order valence-electron chi connectivity index (χ2n) is 14.8. The van der Waals surface area contributed by atoms with Crippen molar-refractivity contribution in [2.24, 2.45) is 0 Å². The number of hydrogen-bond acceptors (Lipinski definition) is 3. The van der Waals surface area contributed by atoms with Crippen molar-refractivity contribution in [2.75, 3.05) is 0 Å². The van der Waals surface area contributed by atoms with Gasteiger partial charge in [-0.2, -0.15) is 0 Å². The van der Waals surface area contributed by atoms with Crippen LogP contribution in [0.3, 0.4) is 0 Å². The molecule has 1 aliphatic rings. The van der Waals surface area contributed by atoms with Gasteiger partial charge in [0.15, 0.2) is 0 Å². The summed E-state index contributed by atoms with van der Waals surface area (Å²) < 4.78 is 19.8. The molecule has 0 spiro atoms. The highest BCUT2D eigenvalue weighted by molar-refractivity contribution is 6.23. The molecule has 0 bridgehead atoms. The minimum Gasteiger partial charge on any atom is -0.457 e. The van der Waals surface area contributed by atoms with E-state index < -0.39 is 5.41 Å². The first-order valence-electron chi connectivity index (χ1n) is 19.1. The first-order valence-corrected chi connectivity index (χ1v) is 19.1. The van der Waals surface area contributed by atoms with E-state index in [1.165, 1.54) is 21.9 Å². The van der Waals surface area contributed by atoms with Crippen molar-refractivity contribution in [3.63, 3.8) is 0 Å². The zero-order valence-corrected chi connectivity index (χ0v) is 30.2. The fraction of sp³-hybridized carbons (Fsp3) is 0.0189. The fourth-order valence-electron chi connectivity index (χ4n) is 9.34. The molecule has 0 N–H and O–H groups in total. The van der Waals surface area contributed by atoms with E-state index >= 15 is 0 Å². The quantitative estimate of drug-likeness (QED) is 0.182. The molecule has 11 aromatic rings. The Balaban J connectivity index is 0.989. The third-order valence-electron chi connectivity index (χ3n) is 11.8. The van der Waals surface area contributed by atoms with Crippen LogP contribution in [0.2, 0.25) is 0 Å². The van der Waals surface area contributed by atoms with E-state index in [0.717, 1.165) is 88.8 Å². The summed E-state index contributed by atoms with van der Waals surface area (Å²) in [5.74, 6) is 1.71. The van der Waals surface area contributed by atoms with Gasteiger partial charge in [-0.3, -0.25) is 0 Å². The van der Waals surface area contributed by atoms with Gasteiger partial charge in [0.05, 0.1) is 5.41 Å². The lowest BCUT2D eigenvalue weighted by molar-refractivity contribution is 0.435.